The van der Waals surface area contributed by atoms with E-state index in [4.69, 9.17) is 13.9 Å². The van der Waals surface area contributed by atoms with Crippen LogP contribution in [-0.4, -0.2) is 32.8 Å². The van der Waals surface area contributed by atoms with E-state index in [1.54, 1.807) is 78.9 Å². The smallest absolute Gasteiger partial charge is 0.291 e. The molecule has 0 fully saturated rings. The predicted octanol–water partition coefficient (Wildman–Crippen LogP) is 4.46. The van der Waals surface area contributed by atoms with Gasteiger partial charge in [-0.2, -0.15) is 0 Å². The third-order valence-electron chi connectivity index (χ3n) is 4.68. The van der Waals surface area contributed by atoms with Crippen LogP contribution in [0.15, 0.2) is 83.8 Å². The second-order valence-corrected chi connectivity index (χ2v) is 6.77. The number of aromatic nitrogens is 4. The molecule has 9 heteroatoms. The minimum atomic E-state index is -0.363. The van der Waals surface area contributed by atoms with Crippen molar-refractivity contribution in [1.82, 2.24) is 19.7 Å². The van der Waals surface area contributed by atoms with E-state index in [-0.39, 0.29) is 11.7 Å². The first-order valence-electron chi connectivity index (χ1n) is 9.67. The van der Waals surface area contributed by atoms with E-state index in [0.29, 0.717) is 34.5 Å². The standard InChI is InChI=1S/C23H17N5O4/c1-30-18-4-2-3-15-13-19(32-22(15)18)23(29)25-16-5-7-17(8-6-16)31-21-10-9-20(26-27-21)28-12-11-24-14-28/h2-14H,1H3,(H,25,29). The van der Waals surface area contributed by atoms with Crippen LogP contribution >= 0.6 is 0 Å². The fourth-order valence-electron chi connectivity index (χ4n) is 3.13. The lowest BCUT2D eigenvalue weighted by molar-refractivity contribution is 0.0998. The largest absolute Gasteiger partial charge is 0.493 e. The Morgan fingerprint density at radius 2 is 1.94 bits per heavy atom. The van der Waals surface area contributed by atoms with E-state index in [9.17, 15) is 4.79 Å². The quantitative estimate of drug-likeness (QED) is 0.426. The van der Waals surface area contributed by atoms with Gasteiger partial charge in [-0.15, -0.1) is 10.2 Å². The van der Waals surface area contributed by atoms with Crippen molar-refractivity contribution < 1.29 is 18.7 Å². The van der Waals surface area contributed by atoms with Crippen molar-refractivity contribution in [1.29, 1.82) is 0 Å². The maximum atomic E-state index is 12.6. The lowest BCUT2D eigenvalue weighted by Gasteiger charge is -2.07. The zero-order valence-corrected chi connectivity index (χ0v) is 16.9. The Hall–Kier alpha value is -4.66. The molecule has 0 bridgehead atoms. The van der Waals surface area contributed by atoms with Gasteiger partial charge in [0, 0.05) is 29.5 Å². The molecule has 1 amide bonds. The van der Waals surface area contributed by atoms with Crippen LogP contribution < -0.4 is 14.8 Å². The molecule has 0 unspecified atom stereocenters. The van der Waals surface area contributed by atoms with Crippen LogP contribution in [0.4, 0.5) is 5.69 Å². The van der Waals surface area contributed by atoms with Crippen LogP contribution in [0, 0.1) is 0 Å². The summed E-state index contributed by atoms with van der Waals surface area (Å²) >= 11 is 0. The van der Waals surface area contributed by atoms with E-state index in [1.165, 1.54) is 0 Å². The third-order valence-corrected chi connectivity index (χ3v) is 4.68. The van der Waals surface area contributed by atoms with Crippen molar-refractivity contribution in [3.8, 4) is 23.2 Å². The molecule has 0 radical (unpaired) electrons. The molecular weight excluding hydrogens is 410 g/mol. The second-order valence-electron chi connectivity index (χ2n) is 6.77. The summed E-state index contributed by atoms with van der Waals surface area (Å²) in [6.07, 6.45) is 5.08. The lowest BCUT2D eigenvalue weighted by atomic mass is 10.2. The number of para-hydroxylation sites is 1. The summed E-state index contributed by atoms with van der Waals surface area (Å²) < 4.78 is 18.4. The van der Waals surface area contributed by atoms with E-state index in [1.807, 2.05) is 12.1 Å². The molecule has 2 aromatic carbocycles. The number of anilines is 1. The lowest BCUT2D eigenvalue weighted by Crippen LogP contribution is -2.10. The Morgan fingerprint density at radius 1 is 1.06 bits per heavy atom. The van der Waals surface area contributed by atoms with Gasteiger partial charge >= 0.3 is 0 Å². The van der Waals surface area contributed by atoms with E-state index in [2.05, 4.69) is 20.5 Å². The molecule has 3 aromatic heterocycles. The molecule has 3 heterocycles. The van der Waals surface area contributed by atoms with Crippen LogP contribution in [0.25, 0.3) is 16.8 Å². The number of rotatable bonds is 6. The van der Waals surface area contributed by atoms with Gasteiger partial charge in [0.05, 0.1) is 7.11 Å². The van der Waals surface area contributed by atoms with Gasteiger partial charge in [-0.05, 0) is 42.5 Å². The molecule has 0 saturated heterocycles. The second kappa shape index (κ2) is 8.23. The summed E-state index contributed by atoms with van der Waals surface area (Å²) in [5.41, 5.74) is 1.13. The number of benzene rings is 2. The molecule has 9 nitrogen and oxygen atoms in total. The average molecular weight is 427 g/mol. The number of ether oxygens (including phenoxy) is 2. The predicted molar refractivity (Wildman–Crippen MR) is 116 cm³/mol. The van der Waals surface area contributed by atoms with Gasteiger partial charge in [0.15, 0.2) is 22.9 Å². The van der Waals surface area contributed by atoms with Crippen molar-refractivity contribution >= 4 is 22.6 Å². The minimum absolute atomic E-state index is 0.193. The minimum Gasteiger partial charge on any atom is -0.493 e. The Kier molecular flexibility index (Phi) is 4.97. The summed E-state index contributed by atoms with van der Waals surface area (Å²) in [7, 11) is 1.56. The molecule has 158 valence electrons. The summed E-state index contributed by atoms with van der Waals surface area (Å²) in [4.78, 5) is 16.6. The van der Waals surface area contributed by atoms with Crippen molar-refractivity contribution in [2.75, 3.05) is 12.4 Å². The molecule has 5 rings (SSSR count). The number of imidazole rings is 1. The molecule has 0 atom stereocenters. The number of carbonyl (C=O) groups is 1. The Bertz CT molecular complexity index is 1360. The number of amides is 1. The number of furan rings is 1. The number of hydrogen-bond donors (Lipinski definition) is 1. The van der Waals surface area contributed by atoms with Gasteiger partial charge in [-0.25, -0.2) is 4.98 Å². The summed E-state index contributed by atoms with van der Waals surface area (Å²) in [5.74, 6) is 1.94. The van der Waals surface area contributed by atoms with Crippen molar-refractivity contribution in [3.05, 3.63) is 85.1 Å². The Balaban J connectivity index is 1.25. The van der Waals surface area contributed by atoms with Crippen molar-refractivity contribution in [3.63, 3.8) is 0 Å². The van der Waals surface area contributed by atoms with Crippen LogP contribution in [0.2, 0.25) is 0 Å². The van der Waals surface area contributed by atoms with Gasteiger partial charge in [0.2, 0.25) is 5.88 Å². The zero-order chi connectivity index (χ0) is 21.9. The van der Waals surface area contributed by atoms with Crippen LogP contribution in [0.3, 0.4) is 0 Å². The number of nitrogens with one attached hydrogen (secondary N) is 1. The number of carbonyl (C=O) groups excluding carboxylic acids is 1. The van der Waals surface area contributed by atoms with E-state index >= 15 is 0 Å². The molecule has 1 N–H and O–H groups in total. The third kappa shape index (κ3) is 3.86. The van der Waals surface area contributed by atoms with Gasteiger partial charge < -0.3 is 19.2 Å². The van der Waals surface area contributed by atoms with Crippen LogP contribution in [0.1, 0.15) is 10.6 Å². The van der Waals surface area contributed by atoms with E-state index < -0.39 is 0 Å². The molecule has 0 aliphatic carbocycles. The molecule has 0 saturated carbocycles. The van der Waals surface area contributed by atoms with Gasteiger partial charge in [0.1, 0.15) is 12.1 Å². The van der Waals surface area contributed by atoms with Crippen LogP contribution in [0.5, 0.6) is 17.4 Å². The van der Waals surface area contributed by atoms with Gasteiger partial charge in [-0.3, -0.25) is 9.36 Å². The maximum Gasteiger partial charge on any atom is 0.291 e. The summed E-state index contributed by atoms with van der Waals surface area (Å²) in [6.45, 7) is 0. The Labute approximate surface area is 182 Å². The fourth-order valence-corrected chi connectivity index (χ4v) is 3.13. The summed E-state index contributed by atoms with van der Waals surface area (Å²) in [5, 5.41) is 11.8. The molecule has 0 aliphatic heterocycles. The topological polar surface area (TPSA) is 104 Å². The first-order chi connectivity index (χ1) is 15.7. The zero-order valence-electron chi connectivity index (χ0n) is 16.9. The Morgan fingerprint density at radius 3 is 2.66 bits per heavy atom. The highest BCUT2D eigenvalue weighted by atomic mass is 16.5. The number of fused-ring (bicyclic) bond motifs is 1. The first-order valence-corrected chi connectivity index (χ1v) is 9.67. The molecule has 5 aromatic rings. The maximum absolute atomic E-state index is 12.6. The average Bonchev–Trinajstić information content (AvgIpc) is 3.51. The number of hydrogen-bond acceptors (Lipinski definition) is 7. The van der Waals surface area contributed by atoms with Gasteiger partial charge in [-0.1, -0.05) is 12.1 Å². The molecule has 0 spiro atoms. The highest BCUT2D eigenvalue weighted by Gasteiger charge is 2.15. The highest BCUT2D eigenvalue weighted by Crippen LogP contribution is 2.29. The van der Waals surface area contributed by atoms with Crippen LogP contribution in [-0.2, 0) is 0 Å². The molecule has 32 heavy (non-hydrogen) atoms. The SMILES string of the molecule is COc1cccc2cc(C(=O)Nc3ccc(Oc4ccc(-n5ccnc5)nn4)cc3)oc12. The van der Waals surface area contributed by atoms with Crippen molar-refractivity contribution in [2.45, 2.75) is 0 Å². The first kappa shape index (κ1) is 19.3. The molecular formula is C23H17N5O4. The van der Waals surface area contributed by atoms with E-state index in [0.717, 1.165) is 5.39 Å². The number of methoxy groups -OCH3 is 1. The highest BCUT2D eigenvalue weighted by molar-refractivity contribution is 6.05. The molecule has 0 aliphatic rings. The number of nitrogens with zero attached hydrogens (tertiary/aromatic N) is 4. The summed E-state index contributed by atoms with van der Waals surface area (Å²) in [6, 6.07) is 17.5. The van der Waals surface area contributed by atoms with Gasteiger partial charge in [0.25, 0.3) is 5.91 Å². The monoisotopic (exact) mass is 427 g/mol. The normalized spacial score (nSPS) is 10.8. The fraction of sp³-hybridized carbons (Fsp3) is 0.0435. The van der Waals surface area contributed by atoms with Crippen molar-refractivity contribution in [2.24, 2.45) is 0 Å².